The molecule has 1 aromatic heterocycles. The number of carboxylic acid groups (broad SMARTS) is 1. The topological polar surface area (TPSA) is 78.2 Å². The smallest absolute Gasteiger partial charge is 0.341 e. The van der Waals surface area contributed by atoms with Crippen LogP contribution in [0.25, 0.3) is 16.6 Å². The molecule has 1 N–H and O–H groups in total. The lowest BCUT2D eigenvalue weighted by Crippen LogP contribution is -2.46. The highest BCUT2D eigenvalue weighted by Gasteiger charge is 2.28. The second-order valence-electron chi connectivity index (χ2n) is 9.92. The first kappa shape index (κ1) is 32.4. The van der Waals surface area contributed by atoms with Gasteiger partial charge < -0.3 is 29.1 Å². The van der Waals surface area contributed by atoms with E-state index >= 15 is 4.39 Å². The van der Waals surface area contributed by atoms with Gasteiger partial charge in [-0.1, -0.05) is 30.9 Å². The van der Waals surface area contributed by atoms with Crippen molar-refractivity contribution >= 4 is 34.2 Å². The zero-order valence-electron chi connectivity index (χ0n) is 24.6. The van der Waals surface area contributed by atoms with E-state index in [2.05, 4.69) is 18.1 Å². The average molecular weight is 597 g/mol. The van der Waals surface area contributed by atoms with Gasteiger partial charge in [-0.25, -0.2) is 9.18 Å². The van der Waals surface area contributed by atoms with Gasteiger partial charge in [0.15, 0.2) is 11.6 Å². The summed E-state index contributed by atoms with van der Waals surface area (Å²) in [6.07, 6.45) is 6.72. The number of hydrogen-bond acceptors (Lipinski definition) is 6. The summed E-state index contributed by atoms with van der Waals surface area (Å²) in [5.74, 6) is -1.27. The molecule has 0 unspecified atom stereocenters. The lowest BCUT2D eigenvalue weighted by Gasteiger charge is -2.38. The summed E-state index contributed by atoms with van der Waals surface area (Å²) in [5, 5.41) is 9.68. The minimum Gasteiger partial charge on any atom is -0.492 e. The number of aromatic nitrogens is 1. The van der Waals surface area contributed by atoms with E-state index in [1.807, 2.05) is 61.2 Å². The number of fused-ring (bicyclic) bond motifs is 1. The van der Waals surface area contributed by atoms with E-state index < -0.39 is 22.8 Å². The van der Waals surface area contributed by atoms with Gasteiger partial charge in [-0.3, -0.25) is 4.79 Å². The lowest BCUT2D eigenvalue weighted by atomic mass is 10.1. The summed E-state index contributed by atoms with van der Waals surface area (Å²) in [5.41, 5.74) is 2.08. The number of piperazine rings is 1. The Balaban J connectivity index is 0.00000114. The van der Waals surface area contributed by atoms with E-state index in [1.165, 1.54) is 13.3 Å². The molecule has 8 nitrogen and oxygen atoms in total. The van der Waals surface area contributed by atoms with Crippen LogP contribution in [-0.2, 0) is 6.54 Å². The van der Waals surface area contributed by atoms with Gasteiger partial charge in [0.25, 0.3) is 0 Å². The number of anilines is 1. The molecule has 0 aliphatic carbocycles. The highest BCUT2D eigenvalue weighted by atomic mass is 35.5. The SMILES string of the molecule is C=C/C(=C\C)N1CCN(c2c(F)cc3c(=O)c(C(=O)O)cn(-c4ccc(CN(C)C)cc4)c3c2OC)CC1.C=CCCl. The van der Waals surface area contributed by atoms with E-state index in [4.69, 9.17) is 16.3 Å². The number of carboxylic acids is 1. The van der Waals surface area contributed by atoms with Crippen LogP contribution in [0.15, 0.2) is 78.4 Å². The van der Waals surface area contributed by atoms with Gasteiger partial charge in [0.1, 0.15) is 16.8 Å². The number of methoxy groups -OCH3 is 1. The van der Waals surface area contributed by atoms with Crippen molar-refractivity contribution in [3.05, 3.63) is 101 Å². The van der Waals surface area contributed by atoms with Crippen LogP contribution in [0.5, 0.6) is 5.75 Å². The summed E-state index contributed by atoms with van der Waals surface area (Å²) in [7, 11) is 5.38. The van der Waals surface area contributed by atoms with Crippen LogP contribution in [0.1, 0.15) is 22.8 Å². The number of pyridine rings is 1. The van der Waals surface area contributed by atoms with Crippen molar-refractivity contribution in [2.75, 3.05) is 58.2 Å². The number of carbonyl (C=O) groups is 1. The Hall–Kier alpha value is -4.08. The summed E-state index contributed by atoms with van der Waals surface area (Å²) >= 11 is 5.07. The molecule has 1 saturated heterocycles. The van der Waals surface area contributed by atoms with Crippen LogP contribution in [0.3, 0.4) is 0 Å². The number of alkyl halides is 1. The predicted octanol–water partition coefficient (Wildman–Crippen LogP) is 5.52. The second-order valence-corrected chi connectivity index (χ2v) is 10.2. The van der Waals surface area contributed by atoms with E-state index in [0.717, 1.165) is 23.9 Å². The third kappa shape index (κ3) is 7.03. The Morgan fingerprint density at radius 1 is 1.17 bits per heavy atom. The van der Waals surface area contributed by atoms with Crippen molar-refractivity contribution in [1.82, 2.24) is 14.4 Å². The van der Waals surface area contributed by atoms with E-state index in [-0.39, 0.29) is 16.8 Å². The normalized spacial score (nSPS) is 13.5. The van der Waals surface area contributed by atoms with Crippen molar-refractivity contribution < 1.29 is 19.0 Å². The number of aromatic carboxylic acids is 1. The Labute approximate surface area is 251 Å². The summed E-state index contributed by atoms with van der Waals surface area (Å²) in [6, 6.07) is 8.71. The van der Waals surface area contributed by atoms with Crippen molar-refractivity contribution in [1.29, 1.82) is 0 Å². The van der Waals surface area contributed by atoms with Crippen LogP contribution in [0.4, 0.5) is 10.1 Å². The molecule has 1 aliphatic rings. The van der Waals surface area contributed by atoms with E-state index in [0.29, 0.717) is 43.3 Å². The quantitative estimate of drug-likeness (QED) is 0.198. The fourth-order valence-corrected chi connectivity index (χ4v) is 5.00. The van der Waals surface area contributed by atoms with Crippen molar-refractivity contribution in [2.45, 2.75) is 13.5 Å². The van der Waals surface area contributed by atoms with Gasteiger partial charge in [0.2, 0.25) is 5.43 Å². The highest BCUT2D eigenvalue weighted by molar-refractivity contribution is 6.18. The van der Waals surface area contributed by atoms with E-state index in [1.54, 1.807) is 16.7 Å². The molecular weight excluding hydrogens is 559 g/mol. The molecule has 10 heteroatoms. The number of rotatable bonds is 9. The number of hydrogen-bond donors (Lipinski definition) is 1. The number of allylic oxidation sites excluding steroid dienone is 3. The molecule has 4 rings (SSSR count). The molecule has 0 amide bonds. The summed E-state index contributed by atoms with van der Waals surface area (Å²) in [6.45, 7) is 12.3. The molecule has 1 fully saturated rings. The molecule has 0 bridgehead atoms. The van der Waals surface area contributed by atoms with Gasteiger partial charge in [-0.2, -0.15) is 0 Å². The molecule has 0 radical (unpaired) electrons. The Morgan fingerprint density at radius 2 is 1.79 bits per heavy atom. The Kier molecular flexibility index (Phi) is 11.4. The molecule has 224 valence electrons. The maximum atomic E-state index is 15.7. The van der Waals surface area contributed by atoms with E-state index in [9.17, 15) is 14.7 Å². The summed E-state index contributed by atoms with van der Waals surface area (Å²) < 4.78 is 23.1. The third-order valence-electron chi connectivity index (χ3n) is 6.89. The highest BCUT2D eigenvalue weighted by Crippen LogP contribution is 2.39. The third-order valence-corrected chi connectivity index (χ3v) is 7.11. The minimum absolute atomic E-state index is 0.0538. The van der Waals surface area contributed by atoms with Gasteiger partial charge in [0, 0.05) is 56.2 Å². The lowest BCUT2D eigenvalue weighted by molar-refractivity contribution is 0.0695. The number of halogens is 2. The zero-order chi connectivity index (χ0) is 31.0. The molecule has 3 aromatic rings. The maximum Gasteiger partial charge on any atom is 0.341 e. The second kappa shape index (κ2) is 14.7. The number of ether oxygens (including phenoxy) is 1. The Morgan fingerprint density at radius 3 is 2.26 bits per heavy atom. The molecule has 0 saturated carbocycles. The maximum absolute atomic E-state index is 15.7. The first-order chi connectivity index (χ1) is 20.1. The van der Waals surface area contributed by atoms with Crippen molar-refractivity contribution in [2.24, 2.45) is 0 Å². The number of benzene rings is 2. The zero-order valence-corrected chi connectivity index (χ0v) is 25.3. The monoisotopic (exact) mass is 596 g/mol. The van der Waals surface area contributed by atoms with Gasteiger partial charge in [-0.15, -0.1) is 18.2 Å². The number of nitrogens with zero attached hydrogens (tertiary/aromatic N) is 4. The fraction of sp³-hybridized carbons (Fsp3) is 0.312. The van der Waals surface area contributed by atoms with Crippen molar-refractivity contribution in [3.63, 3.8) is 0 Å². The molecule has 42 heavy (non-hydrogen) atoms. The molecule has 1 aliphatic heterocycles. The molecule has 0 atom stereocenters. The molecule has 0 spiro atoms. The largest absolute Gasteiger partial charge is 0.492 e. The first-order valence-electron chi connectivity index (χ1n) is 13.5. The van der Waals surface area contributed by atoms with Crippen LogP contribution in [-0.4, -0.2) is 78.7 Å². The fourth-order valence-electron chi connectivity index (χ4n) is 5.00. The van der Waals surface area contributed by atoms with Gasteiger partial charge in [-0.05, 0) is 50.9 Å². The van der Waals surface area contributed by atoms with Crippen LogP contribution in [0, 0.1) is 5.82 Å². The van der Waals surface area contributed by atoms with Crippen LogP contribution in [0.2, 0.25) is 0 Å². The molecule has 2 aromatic carbocycles. The minimum atomic E-state index is -1.38. The molecular formula is C32H38ClFN4O4. The van der Waals surface area contributed by atoms with Crippen LogP contribution < -0.4 is 15.1 Å². The van der Waals surface area contributed by atoms with Crippen molar-refractivity contribution in [3.8, 4) is 11.4 Å². The van der Waals surface area contributed by atoms with Gasteiger partial charge >= 0.3 is 5.97 Å². The predicted molar refractivity (Wildman–Crippen MR) is 169 cm³/mol. The van der Waals surface area contributed by atoms with Gasteiger partial charge in [0.05, 0.1) is 12.5 Å². The summed E-state index contributed by atoms with van der Waals surface area (Å²) in [4.78, 5) is 31.2. The van der Waals surface area contributed by atoms with Crippen LogP contribution >= 0.6 is 11.6 Å². The average Bonchev–Trinajstić information content (AvgIpc) is 2.98. The molecule has 2 heterocycles. The standard InChI is InChI=1S/C29H33FN4O4.C3H5Cl/c1-6-20(7-2)32-12-14-33(15-13-32)26-24(30)16-22-25(28(26)38-5)34(18-23(27(22)35)29(36)37)21-10-8-19(9-11-21)17-31(3)4;1-2-3-4/h6-11,16,18H,1,12-15,17H2,2-5H3,(H,36,37);2H,1,3H2/b20-7+;. The first-order valence-corrected chi connectivity index (χ1v) is 14.0. The Bertz CT molecular complexity index is 1520.